The fourth-order valence-electron chi connectivity index (χ4n) is 3.85. The van der Waals surface area contributed by atoms with Gasteiger partial charge in [-0.25, -0.2) is 9.97 Å². The molecule has 0 radical (unpaired) electrons. The van der Waals surface area contributed by atoms with Crippen LogP contribution in [0.4, 0.5) is 5.82 Å². The molecule has 0 unspecified atom stereocenters. The first-order valence-corrected chi connectivity index (χ1v) is 9.50. The first-order chi connectivity index (χ1) is 12.4. The summed E-state index contributed by atoms with van der Waals surface area (Å²) in [5.41, 5.74) is 3.69. The molecule has 1 fully saturated rings. The fraction of sp³-hybridized carbons (Fsp3) is 0.550. The third kappa shape index (κ3) is 3.98. The summed E-state index contributed by atoms with van der Waals surface area (Å²) < 4.78 is 5.67. The van der Waals surface area contributed by atoms with Gasteiger partial charge in [-0.15, -0.1) is 0 Å². The normalized spacial score (nSPS) is 17.9. The Labute approximate surface area is 149 Å². The van der Waals surface area contributed by atoms with Crippen LogP contribution < -0.4 is 5.32 Å². The second-order valence-electron chi connectivity index (χ2n) is 6.99. The molecule has 5 nitrogen and oxygen atoms in total. The molecule has 0 spiro atoms. The molecule has 2 aromatic rings. The molecule has 0 bridgehead atoms. The minimum absolute atomic E-state index is 0.536. The maximum Gasteiger partial charge on any atom is 0.134 e. The van der Waals surface area contributed by atoms with E-state index in [1.807, 2.05) is 18.5 Å². The minimum Gasteiger partial charge on any atom is -0.381 e. The number of nitrogens with zero attached hydrogens (tertiary/aromatic N) is 3. The van der Waals surface area contributed by atoms with Crippen LogP contribution in [0.5, 0.6) is 0 Å². The number of rotatable bonds is 5. The van der Waals surface area contributed by atoms with Gasteiger partial charge in [0.25, 0.3) is 0 Å². The predicted molar refractivity (Wildman–Crippen MR) is 97.9 cm³/mol. The van der Waals surface area contributed by atoms with Crippen LogP contribution in [0.1, 0.15) is 54.2 Å². The van der Waals surface area contributed by atoms with Gasteiger partial charge in [-0.05, 0) is 30.9 Å². The zero-order valence-electron chi connectivity index (χ0n) is 14.7. The van der Waals surface area contributed by atoms with Crippen molar-refractivity contribution in [3.63, 3.8) is 0 Å². The minimum atomic E-state index is 0.536. The number of aromatic nitrogens is 3. The van der Waals surface area contributed by atoms with Crippen LogP contribution >= 0.6 is 0 Å². The zero-order valence-corrected chi connectivity index (χ0v) is 14.7. The van der Waals surface area contributed by atoms with Crippen LogP contribution in [0.25, 0.3) is 0 Å². The van der Waals surface area contributed by atoms with Crippen molar-refractivity contribution >= 4 is 5.82 Å². The van der Waals surface area contributed by atoms with Crippen molar-refractivity contribution < 1.29 is 4.74 Å². The van der Waals surface area contributed by atoms with Crippen molar-refractivity contribution in [2.45, 2.75) is 50.9 Å². The number of nitrogens with one attached hydrogen (secondary N) is 1. The first-order valence-electron chi connectivity index (χ1n) is 9.50. The number of hydrogen-bond donors (Lipinski definition) is 1. The van der Waals surface area contributed by atoms with E-state index in [0.29, 0.717) is 5.92 Å². The summed E-state index contributed by atoms with van der Waals surface area (Å²) >= 11 is 0. The summed E-state index contributed by atoms with van der Waals surface area (Å²) in [6.07, 6.45) is 11.5. The lowest BCUT2D eigenvalue weighted by atomic mass is 10.0. The van der Waals surface area contributed by atoms with E-state index in [1.54, 1.807) is 0 Å². The Morgan fingerprint density at radius 1 is 1.12 bits per heavy atom. The second kappa shape index (κ2) is 7.91. The van der Waals surface area contributed by atoms with Gasteiger partial charge in [0.15, 0.2) is 0 Å². The maximum absolute atomic E-state index is 5.67. The molecule has 1 saturated carbocycles. The van der Waals surface area contributed by atoms with E-state index >= 15 is 0 Å². The van der Waals surface area contributed by atoms with Gasteiger partial charge in [0, 0.05) is 43.3 Å². The number of anilines is 1. The third-order valence-corrected chi connectivity index (χ3v) is 5.24. The van der Waals surface area contributed by atoms with Crippen LogP contribution in [0, 0.1) is 0 Å². The van der Waals surface area contributed by atoms with Crippen molar-refractivity contribution in [1.82, 2.24) is 15.0 Å². The van der Waals surface area contributed by atoms with E-state index in [-0.39, 0.29) is 0 Å². The second-order valence-corrected chi connectivity index (χ2v) is 6.99. The zero-order chi connectivity index (χ0) is 16.9. The quantitative estimate of drug-likeness (QED) is 0.906. The Hall–Kier alpha value is -2.01. The highest BCUT2D eigenvalue weighted by Crippen LogP contribution is 2.34. The van der Waals surface area contributed by atoms with Crippen molar-refractivity contribution in [1.29, 1.82) is 0 Å². The lowest BCUT2D eigenvalue weighted by Gasteiger charge is -2.17. The summed E-state index contributed by atoms with van der Waals surface area (Å²) in [7, 11) is 0. The maximum atomic E-state index is 5.67. The smallest absolute Gasteiger partial charge is 0.134 e. The Kier molecular flexibility index (Phi) is 5.21. The molecule has 4 rings (SSSR count). The molecule has 2 aromatic heterocycles. The summed E-state index contributed by atoms with van der Waals surface area (Å²) in [6, 6.07) is 4.11. The summed E-state index contributed by atoms with van der Waals surface area (Å²) in [4.78, 5) is 14.1. The molecule has 5 heteroatoms. The standard InChI is InChI=1S/C20H26N4O/c1-2-6-16(5-1)19-23-18-9-13-25-12-8-17(18)20(24-19)22-11-7-15-4-3-10-21-14-15/h3-4,10,14,16H,1-2,5-9,11-13H2,(H,22,23,24). The van der Waals surface area contributed by atoms with Crippen molar-refractivity contribution in [3.8, 4) is 0 Å². The van der Waals surface area contributed by atoms with Crippen molar-refractivity contribution in [2.24, 2.45) is 0 Å². The van der Waals surface area contributed by atoms with E-state index in [1.165, 1.54) is 42.5 Å². The molecule has 0 amide bonds. The number of ether oxygens (including phenoxy) is 1. The molecular weight excluding hydrogens is 312 g/mol. The molecular formula is C20H26N4O. The third-order valence-electron chi connectivity index (χ3n) is 5.24. The van der Waals surface area contributed by atoms with Crippen LogP contribution in [0.2, 0.25) is 0 Å². The Morgan fingerprint density at radius 2 is 2.00 bits per heavy atom. The lowest BCUT2D eigenvalue weighted by molar-refractivity contribution is 0.146. The molecule has 3 heterocycles. The fourth-order valence-corrected chi connectivity index (χ4v) is 3.85. The Bertz CT molecular complexity index is 698. The van der Waals surface area contributed by atoms with E-state index in [0.717, 1.165) is 50.7 Å². The Morgan fingerprint density at radius 3 is 2.84 bits per heavy atom. The number of fused-ring (bicyclic) bond motifs is 1. The van der Waals surface area contributed by atoms with Crippen molar-refractivity contribution in [3.05, 3.63) is 47.2 Å². The number of pyridine rings is 1. The average molecular weight is 338 g/mol. The van der Waals surface area contributed by atoms with Crippen LogP contribution in [-0.4, -0.2) is 34.7 Å². The summed E-state index contributed by atoms with van der Waals surface area (Å²) in [5, 5.41) is 3.58. The SMILES string of the molecule is c1cncc(CCNc2nc(C3CCCC3)nc3c2CCOCC3)c1. The summed E-state index contributed by atoms with van der Waals surface area (Å²) in [5.74, 6) is 2.61. The monoisotopic (exact) mass is 338 g/mol. The van der Waals surface area contributed by atoms with Crippen LogP contribution in [0.15, 0.2) is 24.5 Å². The first kappa shape index (κ1) is 16.5. The molecule has 1 aliphatic heterocycles. The van der Waals surface area contributed by atoms with Crippen LogP contribution in [-0.2, 0) is 24.0 Å². The topological polar surface area (TPSA) is 59.9 Å². The molecule has 132 valence electrons. The van der Waals surface area contributed by atoms with Gasteiger partial charge >= 0.3 is 0 Å². The molecule has 25 heavy (non-hydrogen) atoms. The van der Waals surface area contributed by atoms with Gasteiger partial charge in [0.05, 0.1) is 18.9 Å². The van der Waals surface area contributed by atoms with Gasteiger partial charge in [-0.2, -0.15) is 0 Å². The predicted octanol–water partition coefficient (Wildman–Crippen LogP) is 3.30. The van der Waals surface area contributed by atoms with Crippen LogP contribution in [0.3, 0.4) is 0 Å². The highest BCUT2D eigenvalue weighted by Gasteiger charge is 2.24. The summed E-state index contributed by atoms with van der Waals surface area (Å²) in [6.45, 7) is 2.39. The molecule has 0 aromatic carbocycles. The largest absolute Gasteiger partial charge is 0.381 e. The highest BCUT2D eigenvalue weighted by molar-refractivity contribution is 5.48. The van der Waals surface area contributed by atoms with Gasteiger partial charge in [-0.3, -0.25) is 4.98 Å². The molecule has 2 aliphatic rings. The van der Waals surface area contributed by atoms with Crippen molar-refractivity contribution in [2.75, 3.05) is 25.1 Å². The van der Waals surface area contributed by atoms with Gasteiger partial charge < -0.3 is 10.1 Å². The van der Waals surface area contributed by atoms with E-state index in [4.69, 9.17) is 14.7 Å². The van der Waals surface area contributed by atoms with Gasteiger partial charge in [-0.1, -0.05) is 18.9 Å². The van der Waals surface area contributed by atoms with E-state index < -0.39 is 0 Å². The molecule has 1 N–H and O–H groups in total. The molecule has 0 saturated heterocycles. The van der Waals surface area contributed by atoms with Gasteiger partial charge in [0.1, 0.15) is 11.6 Å². The Balaban J connectivity index is 1.54. The molecule has 0 atom stereocenters. The van der Waals surface area contributed by atoms with E-state index in [2.05, 4.69) is 16.4 Å². The molecule has 1 aliphatic carbocycles. The average Bonchev–Trinajstić information content (AvgIpc) is 3.08. The highest BCUT2D eigenvalue weighted by atomic mass is 16.5. The number of hydrogen-bond acceptors (Lipinski definition) is 5. The lowest BCUT2D eigenvalue weighted by Crippen LogP contribution is -2.15. The van der Waals surface area contributed by atoms with E-state index in [9.17, 15) is 0 Å². The van der Waals surface area contributed by atoms with Gasteiger partial charge in [0.2, 0.25) is 0 Å².